The summed E-state index contributed by atoms with van der Waals surface area (Å²) in [6, 6.07) is 2.82. The number of benzene rings is 1. The fourth-order valence-corrected chi connectivity index (χ4v) is 5.03. The fraction of sp³-hybridized carbons (Fsp3) is 0.571. The number of hydrogen-bond acceptors (Lipinski definition) is 3. The van der Waals surface area contributed by atoms with Gasteiger partial charge in [0.05, 0.1) is 16.7 Å². The Hall–Kier alpha value is -0.490. The molecule has 2 rings (SSSR count). The van der Waals surface area contributed by atoms with Crippen LogP contribution in [0.15, 0.2) is 17.0 Å². The summed E-state index contributed by atoms with van der Waals surface area (Å²) in [5, 5.41) is 0.394. The smallest absolute Gasteiger partial charge is 0.244 e. The summed E-state index contributed by atoms with van der Waals surface area (Å²) in [7, 11) is -3.63. The molecule has 1 aliphatic heterocycles. The van der Waals surface area contributed by atoms with Crippen LogP contribution in [0.3, 0.4) is 0 Å². The number of nitrogens with zero attached hydrogens (tertiary/aromatic N) is 1. The maximum atomic E-state index is 12.8. The van der Waals surface area contributed by atoms with Gasteiger partial charge in [-0.2, -0.15) is 4.31 Å². The Labute approximate surface area is 136 Å². The Bertz CT molecular complexity index is 619. The summed E-state index contributed by atoms with van der Waals surface area (Å²) >= 11 is 12.2. The molecule has 1 heterocycles. The number of halogens is 2. The summed E-state index contributed by atoms with van der Waals surface area (Å²) in [6.07, 6.45) is 2.78. The summed E-state index contributed by atoms with van der Waals surface area (Å²) in [5.41, 5.74) is 0. The van der Waals surface area contributed by atoms with Crippen molar-refractivity contribution in [2.45, 2.75) is 44.0 Å². The zero-order valence-electron chi connectivity index (χ0n) is 12.1. The largest absolute Gasteiger partial charge is 0.492 e. The van der Waals surface area contributed by atoms with Crippen molar-refractivity contribution >= 4 is 33.2 Å². The van der Waals surface area contributed by atoms with Crippen molar-refractivity contribution in [3.8, 4) is 5.75 Å². The van der Waals surface area contributed by atoms with Crippen LogP contribution in [0, 0.1) is 0 Å². The third-order valence-electron chi connectivity index (χ3n) is 3.61. The predicted octanol–water partition coefficient (Wildman–Crippen LogP) is 3.96. The average molecular weight is 352 g/mol. The van der Waals surface area contributed by atoms with E-state index in [2.05, 4.69) is 0 Å². The zero-order chi connectivity index (χ0) is 15.6. The van der Waals surface area contributed by atoms with Crippen LogP contribution in [-0.2, 0) is 10.0 Å². The molecule has 0 aliphatic carbocycles. The van der Waals surface area contributed by atoms with Gasteiger partial charge in [0.15, 0.2) is 0 Å². The van der Waals surface area contributed by atoms with Crippen LogP contribution >= 0.6 is 23.2 Å². The van der Waals surface area contributed by atoms with Crippen molar-refractivity contribution in [1.82, 2.24) is 4.31 Å². The van der Waals surface area contributed by atoms with Crippen LogP contribution < -0.4 is 4.74 Å². The minimum atomic E-state index is -3.63. The zero-order valence-corrected chi connectivity index (χ0v) is 14.4. The van der Waals surface area contributed by atoms with Crippen molar-refractivity contribution in [2.24, 2.45) is 0 Å². The van der Waals surface area contributed by atoms with Crippen LogP contribution in [0.25, 0.3) is 0 Å². The SMILES string of the molecule is CCOc1cc(Cl)c(S(=O)(=O)N2CCCCC2C)cc1Cl. The highest BCUT2D eigenvalue weighted by molar-refractivity contribution is 7.89. The predicted molar refractivity (Wildman–Crippen MR) is 84.8 cm³/mol. The number of rotatable bonds is 4. The van der Waals surface area contributed by atoms with Gasteiger partial charge in [-0.1, -0.05) is 29.6 Å². The molecular weight excluding hydrogens is 333 g/mol. The Balaban J connectivity index is 2.42. The lowest BCUT2D eigenvalue weighted by molar-refractivity contribution is 0.268. The van der Waals surface area contributed by atoms with Gasteiger partial charge in [0, 0.05) is 18.7 Å². The highest BCUT2D eigenvalue weighted by atomic mass is 35.5. The lowest BCUT2D eigenvalue weighted by Crippen LogP contribution is -2.42. The van der Waals surface area contributed by atoms with Gasteiger partial charge in [-0.3, -0.25) is 0 Å². The average Bonchev–Trinajstić information content (AvgIpc) is 2.43. The van der Waals surface area contributed by atoms with Crippen molar-refractivity contribution in [1.29, 1.82) is 0 Å². The van der Waals surface area contributed by atoms with E-state index in [0.717, 1.165) is 19.3 Å². The Morgan fingerprint density at radius 3 is 2.62 bits per heavy atom. The van der Waals surface area contributed by atoms with Crippen molar-refractivity contribution in [3.05, 3.63) is 22.2 Å². The minimum Gasteiger partial charge on any atom is -0.492 e. The molecule has 0 bridgehead atoms. The van der Waals surface area contributed by atoms with E-state index in [4.69, 9.17) is 27.9 Å². The summed E-state index contributed by atoms with van der Waals surface area (Å²) in [6.45, 7) is 4.70. The van der Waals surface area contributed by atoms with Gasteiger partial charge in [-0.15, -0.1) is 0 Å². The second-order valence-electron chi connectivity index (χ2n) is 5.11. The second kappa shape index (κ2) is 6.73. The van der Waals surface area contributed by atoms with E-state index < -0.39 is 10.0 Å². The van der Waals surface area contributed by atoms with Gasteiger partial charge in [0.2, 0.25) is 10.0 Å². The van der Waals surface area contributed by atoms with E-state index in [0.29, 0.717) is 18.9 Å². The Morgan fingerprint density at radius 2 is 2.00 bits per heavy atom. The molecule has 1 unspecified atom stereocenters. The first-order valence-corrected chi connectivity index (χ1v) is 9.21. The van der Waals surface area contributed by atoms with E-state index >= 15 is 0 Å². The Kier molecular flexibility index (Phi) is 5.41. The molecule has 1 aromatic rings. The van der Waals surface area contributed by atoms with Crippen molar-refractivity contribution in [3.63, 3.8) is 0 Å². The van der Waals surface area contributed by atoms with E-state index in [1.807, 2.05) is 13.8 Å². The molecule has 1 fully saturated rings. The summed E-state index contributed by atoms with van der Waals surface area (Å²) in [4.78, 5) is 0.0476. The molecule has 1 aromatic carbocycles. The number of ether oxygens (including phenoxy) is 1. The van der Waals surface area contributed by atoms with Crippen molar-refractivity contribution in [2.75, 3.05) is 13.2 Å². The van der Waals surface area contributed by atoms with Gasteiger partial charge < -0.3 is 4.74 Å². The molecule has 1 aliphatic rings. The fourth-order valence-electron chi connectivity index (χ4n) is 2.53. The molecule has 0 amide bonds. The standard InChI is InChI=1S/C14H19Cl2NO3S/c1-3-20-13-8-12(16)14(9-11(13)15)21(18,19)17-7-5-4-6-10(17)2/h8-10H,3-7H2,1-2H3. The van der Waals surface area contributed by atoms with Gasteiger partial charge in [-0.05, 0) is 32.8 Å². The van der Waals surface area contributed by atoms with Gasteiger partial charge >= 0.3 is 0 Å². The van der Waals surface area contributed by atoms with Crippen molar-refractivity contribution < 1.29 is 13.2 Å². The third-order valence-corrected chi connectivity index (χ3v) is 6.39. The molecule has 0 aromatic heterocycles. The minimum absolute atomic E-state index is 0.0230. The van der Waals surface area contributed by atoms with Crippen LogP contribution in [0.2, 0.25) is 10.0 Å². The highest BCUT2D eigenvalue weighted by Crippen LogP contribution is 2.36. The van der Waals surface area contributed by atoms with Gasteiger partial charge in [0.1, 0.15) is 10.6 Å². The third kappa shape index (κ3) is 3.47. The van der Waals surface area contributed by atoms with E-state index in [-0.39, 0.29) is 21.0 Å². The first kappa shape index (κ1) is 16.9. The van der Waals surface area contributed by atoms with Crippen LogP contribution in [-0.4, -0.2) is 31.9 Å². The number of sulfonamides is 1. The summed E-state index contributed by atoms with van der Waals surface area (Å²) in [5.74, 6) is 0.398. The molecule has 7 heteroatoms. The van der Waals surface area contributed by atoms with Crippen LogP contribution in [0.4, 0.5) is 0 Å². The molecule has 1 atom stereocenters. The van der Waals surface area contributed by atoms with Gasteiger partial charge in [0.25, 0.3) is 0 Å². The monoisotopic (exact) mass is 351 g/mol. The van der Waals surface area contributed by atoms with E-state index in [1.54, 1.807) is 0 Å². The highest BCUT2D eigenvalue weighted by Gasteiger charge is 2.33. The molecule has 118 valence electrons. The lowest BCUT2D eigenvalue weighted by atomic mass is 10.1. The molecule has 1 saturated heterocycles. The molecule has 0 radical (unpaired) electrons. The quantitative estimate of drug-likeness (QED) is 0.824. The topological polar surface area (TPSA) is 46.6 Å². The molecule has 4 nitrogen and oxygen atoms in total. The molecule has 0 N–H and O–H groups in total. The molecular formula is C14H19Cl2NO3S. The summed E-state index contributed by atoms with van der Waals surface area (Å²) < 4.78 is 32.4. The van der Waals surface area contributed by atoms with E-state index in [9.17, 15) is 8.42 Å². The number of hydrogen-bond donors (Lipinski definition) is 0. The van der Waals surface area contributed by atoms with E-state index in [1.165, 1.54) is 16.4 Å². The second-order valence-corrected chi connectivity index (χ2v) is 7.78. The molecule has 0 saturated carbocycles. The van der Waals surface area contributed by atoms with Crippen LogP contribution in [0.1, 0.15) is 33.1 Å². The normalized spacial score (nSPS) is 20.5. The number of piperidine rings is 1. The van der Waals surface area contributed by atoms with Gasteiger partial charge in [-0.25, -0.2) is 8.42 Å². The maximum absolute atomic E-state index is 12.8. The van der Waals surface area contributed by atoms with Crippen LogP contribution in [0.5, 0.6) is 5.75 Å². The lowest BCUT2D eigenvalue weighted by Gasteiger charge is -2.32. The molecule has 0 spiro atoms. The molecule has 21 heavy (non-hydrogen) atoms. The first-order chi connectivity index (χ1) is 9.87. The Morgan fingerprint density at radius 1 is 1.29 bits per heavy atom. The first-order valence-electron chi connectivity index (χ1n) is 7.01. The maximum Gasteiger partial charge on any atom is 0.244 e.